The van der Waals surface area contributed by atoms with Crippen molar-refractivity contribution < 1.29 is 14.4 Å². The molecule has 0 fully saturated rings. The SMILES string of the molecule is CC(=NO)c1ncc(CO[Si](c2ccccc2)(c2ccccc2)C(C)(C)C)n1COCC[Si](C)(C)C. The molecule has 0 aliphatic heterocycles. The average molecular weight is 524 g/mol. The molecule has 0 aliphatic carbocycles. The second kappa shape index (κ2) is 11.7. The van der Waals surface area contributed by atoms with Crippen molar-refractivity contribution in [2.24, 2.45) is 5.16 Å². The second-order valence-corrected chi connectivity index (χ2v) is 21.4. The monoisotopic (exact) mass is 523 g/mol. The minimum atomic E-state index is -2.70. The van der Waals surface area contributed by atoms with Crippen LogP contribution in [0.5, 0.6) is 0 Å². The van der Waals surface area contributed by atoms with Crippen molar-refractivity contribution in [1.29, 1.82) is 0 Å². The highest BCUT2D eigenvalue weighted by molar-refractivity contribution is 6.99. The summed E-state index contributed by atoms with van der Waals surface area (Å²) in [6, 6.07) is 22.3. The van der Waals surface area contributed by atoms with Crippen molar-refractivity contribution >= 4 is 32.5 Å². The van der Waals surface area contributed by atoms with E-state index >= 15 is 0 Å². The fourth-order valence-electron chi connectivity index (χ4n) is 4.48. The Hall–Kier alpha value is -2.53. The summed E-state index contributed by atoms with van der Waals surface area (Å²) in [7, 11) is -3.90. The van der Waals surface area contributed by atoms with E-state index in [4.69, 9.17) is 9.16 Å². The number of oxime groups is 1. The molecular weight excluding hydrogens is 482 g/mol. The van der Waals surface area contributed by atoms with Gasteiger partial charge in [0.1, 0.15) is 12.4 Å². The molecule has 0 spiro atoms. The fourth-order valence-corrected chi connectivity index (χ4v) is 9.76. The quantitative estimate of drug-likeness (QED) is 0.119. The zero-order chi connectivity index (χ0) is 26.4. The maximum absolute atomic E-state index is 9.44. The van der Waals surface area contributed by atoms with Gasteiger partial charge in [0.25, 0.3) is 8.32 Å². The van der Waals surface area contributed by atoms with Gasteiger partial charge in [0.05, 0.1) is 18.5 Å². The van der Waals surface area contributed by atoms with Crippen molar-refractivity contribution in [3.63, 3.8) is 0 Å². The number of hydrogen-bond donors (Lipinski definition) is 1. The van der Waals surface area contributed by atoms with Crippen molar-refractivity contribution in [3.8, 4) is 0 Å². The number of hydrogen-bond acceptors (Lipinski definition) is 5. The molecule has 0 atom stereocenters. The van der Waals surface area contributed by atoms with E-state index in [0.29, 0.717) is 31.5 Å². The molecule has 3 aromatic rings. The van der Waals surface area contributed by atoms with Crippen molar-refractivity contribution in [2.75, 3.05) is 6.61 Å². The summed E-state index contributed by atoms with van der Waals surface area (Å²) in [6.45, 7) is 17.0. The smallest absolute Gasteiger partial charge is 0.261 e. The molecule has 0 bridgehead atoms. The molecule has 1 aromatic heterocycles. The summed E-state index contributed by atoms with van der Waals surface area (Å²) in [5.74, 6) is 0.589. The van der Waals surface area contributed by atoms with Gasteiger partial charge in [0.15, 0.2) is 5.82 Å². The van der Waals surface area contributed by atoms with E-state index in [9.17, 15) is 5.21 Å². The Morgan fingerprint density at radius 3 is 2.00 bits per heavy atom. The summed E-state index contributed by atoms with van der Waals surface area (Å²) in [4.78, 5) is 4.56. The normalized spacial score (nSPS) is 13.2. The van der Waals surface area contributed by atoms with Crippen molar-refractivity contribution in [1.82, 2.24) is 9.55 Å². The van der Waals surface area contributed by atoms with E-state index < -0.39 is 16.4 Å². The number of benzene rings is 2. The Morgan fingerprint density at radius 1 is 0.972 bits per heavy atom. The van der Waals surface area contributed by atoms with E-state index in [1.54, 1.807) is 6.92 Å². The summed E-state index contributed by atoms with van der Waals surface area (Å²) in [6.07, 6.45) is 1.81. The van der Waals surface area contributed by atoms with Gasteiger partial charge in [-0.05, 0) is 28.4 Å². The molecule has 0 saturated carbocycles. The Labute approximate surface area is 218 Å². The lowest BCUT2D eigenvalue weighted by Crippen LogP contribution is -2.66. The Kier molecular flexibility index (Phi) is 9.10. The maximum Gasteiger partial charge on any atom is 0.261 e. The largest absolute Gasteiger partial charge is 0.411 e. The number of rotatable bonds is 11. The Morgan fingerprint density at radius 2 is 1.53 bits per heavy atom. The number of nitrogens with zero attached hydrogens (tertiary/aromatic N) is 3. The Balaban J connectivity index is 1.99. The lowest BCUT2D eigenvalue weighted by Gasteiger charge is -2.43. The van der Waals surface area contributed by atoms with E-state index in [1.807, 2.05) is 22.9 Å². The average Bonchev–Trinajstić information content (AvgIpc) is 3.24. The van der Waals surface area contributed by atoms with Crippen LogP contribution in [0.2, 0.25) is 30.7 Å². The van der Waals surface area contributed by atoms with Gasteiger partial charge >= 0.3 is 0 Å². The standard InChI is InChI=1S/C28H41N3O3Si2/c1-23(30-32)27-29-20-24(31(27)22-33-18-19-35(5,6)7)21-34-36(28(2,3)4,25-14-10-8-11-15-25)26-16-12-9-13-17-26/h8-17,20,32H,18-19,21-22H2,1-7H3. The van der Waals surface area contributed by atoms with Crippen LogP contribution < -0.4 is 10.4 Å². The van der Waals surface area contributed by atoms with Crippen LogP contribution in [0.25, 0.3) is 0 Å². The third-order valence-corrected chi connectivity index (χ3v) is 13.2. The van der Waals surface area contributed by atoms with Gasteiger partial charge in [-0.3, -0.25) is 0 Å². The van der Waals surface area contributed by atoms with E-state index in [-0.39, 0.29) is 5.04 Å². The molecule has 36 heavy (non-hydrogen) atoms. The summed E-state index contributed by atoms with van der Waals surface area (Å²) < 4.78 is 15.2. The zero-order valence-corrected chi connectivity index (χ0v) is 24.8. The predicted octanol–water partition coefficient (Wildman–Crippen LogP) is 5.47. The third kappa shape index (κ3) is 6.42. The molecule has 2 aromatic carbocycles. The van der Waals surface area contributed by atoms with Crippen LogP contribution in [0.3, 0.4) is 0 Å². The first kappa shape index (κ1) is 28.1. The molecule has 194 valence electrons. The van der Waals surface area contributed by atoms with Crippen LogP contribution in [0.1, 0.15) is 39.2 Å². The molecule has 0 aliphatic rings. The number of aromatic nitrogens is 2. The Bertz CT molecular complexity index is 1090. The lowest BCUT2D eigenvalue weighted by molar-refractivity contribution is 0.0822. The number of ether oxygens (including phenoxy) is 1. The molecule has 0 amide bonds. The maximum atomic E-state index is 9.44. The van der Waals surface area contributed by atoms with Crippen LogP contribution in [-0.2, 0) is 22.5 Å². The summed E-state index contributed by atoms with van der Waals surface area (Å²) in [5.41, 5.74) is 1.34. The molecule has 8 heteroatoms. The van der Waals surface area contributed by atoms with Crippen molar-refractivity contribution in [3.05, 3.63) is 78.4 Å². The first-order chi connectivity index (χ1) is 17.0. The second-order valence-electron chi connectivity index (χ2n) is 11.5. The van der Waals surface area contributed by atoms with Gasteiger partial charge in [-0.1, -0.05) is 106 Å². The third-order valence-electron chi connectivity index (χ3n) is 6.48. The molecule has 0 saturated heterocycles. The highest BCUT2D eigenvalue weighted by atomic mass is 28.4. The first-order valence-electron chi connectivity index (χ1n) is 12.6. The molecule has 6 nitrogen and oxygen atoms in total. The van der Waals surface area contributed by atoms with Crippen LogP contribution in [-0.4, -0.2) is 43.5 Å². The van der Waals surface area contributed by atoms with E-state index in [2.05, 4.69) is 99.1 Å². The van der Waals surface area contributed by atoms with Gasteiger partial charge in [-0.25, -0.2) is 4.98 Å². The minimum absolute atomic E-state index is 0.125. The highest BCUT2D eigenvalue weighted by Crippen LogP contribution is 2.37. The van der Waals surface area contributed by atoms with Crippen LogP contribution in [0.4, 0.5) is 0 Å². The van der Waals surface area contributed by atoms with Gasteiger partial charge in [0, 0.05) is 14.7 Å². The molecule has 1 N–H and O–H groups in total. The highest BCUT2D eigenvalue weighted by Gasteiger charge is 2.50. The lowest BCUT2D eigenvalue weighted by atomic mass is 10.2. The van der Waals surface area contributed by atoms with Crippen molar-refractivity contribution in [2.45, 2.75) is 71.8 Å². The van der Waals surface area contributed by atoms with Crippen LogP contribution in [0.15, 0.2) is 72.0 Å². The summed E-state index contributed by atoms with van der Waals surface area (Å²) >= 11 is 0. The van der Waals surface area contributed by atoms with Crippen LogP contribution >= 0.6 is 0 Å². The van der Waals surface area contributed by atoms with E-state index in [1.165, 1.54) is 10.4 Å². The van der Waals surface area contributed by atoms with Gasteiger partial charge < -0.3 is 18.9 Å². The first-order valence-corrected chi connectivity index (χ1v) is 18.2. The molecule has 0 unspecified atom stereocenters. The molecular formula is C28H41N3O3Si2. The van der Waals surface area contributed by atoms with Gasteiger partial charge in [0.2, 0.25) is 0 Å². The zero-order valence-electron chi connectivity index (χ0n) is 22.8. The predicted molar refractivity (Wildman–Crippen MR) is 153 cm³/mol. The van der Waals surface area contributed by atoms with Crippen LogP contribution in [0, 0.1) is 0 Å². The van der Waals surface area contributed by atoms with Gasteiger partial charge in [-0.2, -0.15) is 0 Å². The molecule has 3 rings (SSSR count). The van der Waals surface area contributed by atoms with Gasteiger partial charge in [-0.15, -0.1) is 0 Å². The topological polar surface area (TPSA) is 68.9 Å². The van der Waals surface area contributed by atoms with E-state index in [0.717, 1.165) is 11.7 Å². The summed E-state index contributed by atoms with van der Waals surface area (Å²) in [5, 5.41) is 15.2. The fraction of sp³-hybridized carbons (Fsp3) is 0.429. The molecule has 0 radical (unpaired) electrons. The molecule has 1 heterocycles. The number of imidazole rings is 1. The minimum Gasteiger partial charge on any atom is -0.411 e.